The Kier molecular flexibility index (Phi) is 5.15. The number of nitrogens with one attached hydrogen (secondary N) is 2. The Hall–Kier alpha value is -3.81. The molecule has 0 fully saturated rings. The average Bonchev–Trinajstić information content (AvgIpc) is 3.46. The van der Waals surface area contributed by atoms with E-state index in [0.29, 0.717) is 23.6 Å². The van der Waals surface area contributed by atoms with Gasteiger partial charge in [-0.25, -0.2) is 4.79 Å². The number of amides is 1. The molecule has 0 bridgehead atoms. The van der Waals surface area contributed by atoms with Gasteiger partial charge in [-0.3, -0.25) is 4.79 Å². The van der Waals surface area contributed by atoms with E-state index >= 15 is 0 Å². The van der Waals surface area contributed by atoms with Crippen LogP contribution in [-0.4, -0.2) is 28.1 Å². The van der Waals surface area contributed by atoms with E-state index in [1.54, 1.807) is 18.2 Å². The van der Waals surface area contributed by atoms with Gasteiger partial charge in [0.25, 0.3) is 0 Å². The van der Waals surface area contributed by atoms with Gasteiger partial charge >= 0.3 is 5.97 Å². The number of fused-ring (bicyclic) bond motifs is 1. The zero-order chi connectivity index (χ0) is 20.2. The van der Waals surface area contributed by atoms with E-state index in [9.17, 15) is 9.59 Å². The summed E-state index contributed by atoms with van der Waals surface area (Å²) in [5.74, 6) is 0.116. The molecule has 0 aliphatic rings. The first-order valence-electron chi connectivity index (χ1n) is 9.08. The Morgan fingerprint density at radius 1 is 1.21 bits per heavy atom. The summed E-state index contributed by atoms with van der Waals surface area (Å²) < 4.78 is 15.8. The zero-order valence-electron chi connectivity index (χ0n) is 15.7. The highest BCUT2D eigenvalue weighted by molar-refractivity contribution is 5.86. The maximum atomic E-state index is 12.6. The first kappa shape index (κ1) is 18.5. The average molecular weight is 393 g/mol. The van der Waals surface area contributed by atoms with Crippen LogP contribution in [0.4, 0.5) is 0 Å². The second-order valence-corrected chi connectivity index (χ2v) is 6.58. The van der Waals surface area contributed by atoms with Crippen LogP contribution >= 0.6 is 0 Å². The summed E-state index contributed by atoms with van der Waals surface area (Å²) in [6.07, 6.45) is 3.67. The second-order valence-electron chi connectivity index (χ2n) is 6.58. The summed E-state index contributed by atoms with van der Waals surface area (Å²) >= 11 is 0. The van der Waals surface area contributed by atoms with Gasteiger partial charge in [-0.1, -0.05) is 23.4 Å². The molecule has 1 aromatic carbocycles. The summed E-state index contributed by atoms with van der Waals surface area (Å²) in [6, 6.07) is 12.1. The Bertz CT molecular complexity index is 1130. The molecule has 29 heavy (non-hydrogen) atoms. The van der Waals surface area contributed by atoms with Gasteiger partial charge in [-0.2, -0.15) is 0 Å². The standard InChI is InChI=1S/C21H19N3O5/c1-13(25)23-18(9-14-11-22-17-6-3-2-5-16(14)17)21(26)28-12-15-10-20(29-24-15)19-7-4-8-27-19/h2-8,10-11,18,22H,9,12H2,1H3,(H,23,25)/t18-/m0/s1. The maximum absolute atomic E-state index is 12.6. The van der Waals surface area contributed by atoms with Crippen molar-refractivity contribution >= 4 is 22.8 Å². The van der Waals surface area contributed by atoms with Crippen LogP contribution in [0.25, 0.3) is 22.4 Å². The third-order valence-corrected chi connectivity index (χ3v) is 4.45. The number of hydrogen-bond donors (Lipinski definition) is 2. The Balaban J connectivity index is 1.44. The highest BCUT2D eigenvalue weighted by Crippen LogP contribution is 2.22. The molecule has 0 spiro atoms. The zero-order valence-corrected chi connectivity index (χ0v) is 15.7. The number of nitrogens with zero attached hydrogens (tertiary/aromatic N) is 1. The number of para-hydroxylation sites is 1. The van der Waals surface area contributed by atoms with E-state index in [1.165, 1.54) is 13.2 Å². The molecule has 148 valence electrons. The van der Waals surface area contributed by atoms with Crippen molar-refractivity contribution in [2.24, 2.45) is 0 Å². The van der Waals surface area contributed by atoms with Crippen LogP contribution in [0.15, 0.2) is 63.9 Å². The number of benzene rings is 1. The Morgan fingerprint density at radius 3 is 2.86 bits per heavy atom. The van der Waals surface area contributed by atoms with Gasteiger partial charge in [0.05, 0.1) is 6.26 Å². The molecule has 0 saturated carbocycles. The SMILES string of the molecule is CC(=O)N[C@@H](Cc1c[nH]c2ccccc12)C(=O)OCc1cc(-c2ccco2)on1. The second kappa shape index (κ2) is 8.05. The normalized spacial score (nSPS) is 12.0. The third kappa shape index (κ3) is 4.21. The van der Waals surface area contributed by atoms with Crippen LogP contribution in [-0.2, 0) is 27.4 Å². The molecule has 8 heteroatoms. The van der Waals surface area contributed by atoms with E-state index in [1.807, 2.05) is 30.5 Å². The van der Waals surface area contributed by atoms with Crippen LogP contribution in [0.5, 0.6) is 0 Å². The first-order valence-corrected chi connectivity index (χ1v) is 9.08. The lowest BCUT2D eigenvalue weighted by molar-refractivity contribution is -0.149. The Morgan fingerprint density at radius 2 is 2.07 bits per heavy atom. The van der Waals surface area contributed by atoms with Gasteiger partial charge in [-0.05, 0) is 23.8 Å². The molecule has 4 rings (SSSR count). The van der Waals surface area contributed by atoms with Gasteiger partial charge in [0.15, 0.2) is 5.76 Å². The van der Waals surface area contributed by atoms with E-state index in [0.717, 1.165) is 16.5 Å². The molecule has 2 N–H and O–H groups in total. The molecular formula is C21H19N3O5. The number of ether oxygens (including phenoxy) is 1. The first-order chi connectivity index (χ1) is 14.1. The largest absolute Gasteiger partial charge is 0.461 e. The molecule has 0 unspecified atom stereocenters. The maximum Gasteiger partial charge on any atom is 0.329 e. The van der Waals surface area contributed by atoms with Crippen molar-refractivity contribution in [3.8, 4) is 11.5 Å². The van der Waals surface area contributed by atoms with Crippen molar-refractivity contribution in [2.75, 3.05) is 0 Å². The van der Waals surface area contributed by atoms with Crippen LogP contribution in [0.3, 0.4) is 0 Å². The lowest BCUT2D eigenvalue weighted by Gasteiger charge is -2.16. The Labute approximate surface area is 165 Å². The summed E-state index contributed by atoms with van der Waals surface area (Å²) in [5.41, 5.74) is 2.32. The minimum atomic E-state index is -0.817. The number of H-pyrrole nitrogens is 1. The lowest BCUT2D eigenvalue weighted by atomic mass is 10.0. The molecule has 0 radical (unpaired) electrons. The number of rotatable bonds is 7. The lowest BCUT2D eigenvalue weighted by Crippen LogP contribution is -2.42. The minimum Gasteiger partial charge on any atom is -0.461 e. The van der Waals surface area contributed by atoms with Crippen molar-refractivity contribution in [2.45, 2.75) is 26.0 Å². The number of aromatic nitrogens is 2. The van der Waals surface area contributed by atoms with Crippen LogP contribution in [0.1, 0.15) is 18.2 Å². The van der Waals surface area contributed by atoms with E-state index in [2.05, 4.69) is 15.5 Å². The smallest absolute Gasteiger partial charge is 0.329 e. The van der Waals surface area contributed by atoms with Gasteiger partial charge in [-0.15, -0.1) is 0 Å². The van der Waals surface area contributed by atoms with Crippen molar-refractivity contribution < 1.29 is 23.3 Å². The predicted molar refractivity (Wildman–Crippen MR) is 104 cm³/mol. The third-order valence-electron chi connectivity index (χ3n) is 4.45. The monoisotopic (exact) mass is 393 g/mol. The van der Waals surface area contributed by atoms with E-state index in [-0.39, 0.29) is 12.5 Å². The number of carbonyl (C=O) groups excluding carboxylic acids is 2. The fourth-order valence-corrected chi connectivity index (χ4v) is 3.12. The highest BCUT2D eigenvalue weighted by Gasteiger charge is 2.23. The quantitative estimate of drug-likeness (QED) is 0.467. The molecule has 0 aliphatic carbocycles. The molecule has 3 aromatic heterocycles. The highest BCUT2D eigenvalue weighted by atomic mass is 16.5. The van der Waals surface area contributed by atoms with Crippen molar-refractivity contribution in [1.29, 1.82) is 0 Å². The number of carbonyl (C=O) groups is 2. The summed E-state index contributed by atoms with van der Waals surface area (Å²) in [5, 5.41) is 7.53. The number of aromatic amines is 1. The number of hydrogen-bond acceptors (Lipinski definition) is 6. The summed E-state index contributed by atoms with van der Waals surface area (Å²) in [7, 11) is 0. The van der Waals surface area contributed by atoms with E-state index < -0.39 is 12.0 Å². The fourth-order valence-electron chi connectivity index (χ4n) is 3.12. The molecule has 4 aromatic rings. The fraction of sp³-hybridized carbons (Fsp3) is 0.190. The summed E-state index contributed by atoms with van der Waals surface area (Å²) in [4.78, 5) is 27.4. The van der Waals surface area contributed by atoms with Gasteiger partial charge in [0.2, 0.25) is 11.7 Å². The molecule has 0 aliphatic heterocycles. The molecule has 8 nitrogen and oxygen atoms in total. The molecule has 1 atom stereocenters. The predicted octanol–water partition coefficient (Wildman–Crippen LogP) is 3.21. The van der Waals surface area contributed by atoms with Crippen molar-refractivity contribution in [3.05, 3.63) is 66.2 Å². The van der Waals surface area contributed by atoms with Gasteiger partial charge < -0.3 is 24.0 Å². The van der Waals surface area contributed by atoms with Crippen LogP contribution < -0.4 is 5.32 Å². The summed E-state index contributed by atoms with van der Waals surface area (Å²) in [6.45, 7) is 1.29. The minimum absolute atomic E-state index is 0.0764. The van der Waals surface area contributed by atoms with Crippen LogP contribution in [0.2, 0.25) is 0 Å². The molecular weight excluding hydrogens is 374 g/mol. The number of furan rings is 1. The molecule has 1 amide bonds. The molecule has 3 heterocycles. The topological polar surface area (TPSA) is 110 Å². The van der Waals surface area contributed by atoms with Crippen molar-refractivity contribution in [1.82, 2.24) is 15.5 Å². The van der Waals surface area contributed by atoms with Crippen molar-refractivity contribution in [3.63, 3.8) is 0 Å². The van der Waals surface area contributed by atoms with E-state index in [4.69, 9.17) is 13.7 Å². The van der Waals surface area contributed by atoms with Crippen LogP contribution in [0, 0.1) is 0 Å². The molecule has 0 saturated heterocycles. The van der Waals surface area contributed by atoms with Gasteiger partial charge in [0, 0.05) is 36.5 Å². The van der Waals surface area contributed by atoms with Gasteiger partial charge in [0.1, 0.15) is 18.3 Å². The number of esters is 1.